The quantitative estimate of drug-likeness (QED) is 0.802. The van der Waals surface area contributed by atoms with Crippen molar-refractivity contribution in [2.45, 2.75) is 13.0 Å². The number of likely N-dealkylation sites (tertiary alicyclic amines) is 1. The van der Waals surface area contributed by atoms with Crippen molar-refractivity contribution in [3.63, 3.8) is 0 Å². The molecule has 1 aromatic heterocycles. The fourth-order valence-corrected chi connectivity index (χ4v) is 4.30. The van der Waals surface area contributed by atoms with Gasteiger partial charge in [-0.2, -0.15) is 0 Å². The minimum Gasteiger partial charge on any atom is -0.356 e. The Hall–Kier alpha value is -1.29. The van der Waals surface area contributed by atoms with Crippen LogP contribution in [-0.2, 0) is 0 Å². The normalized spacial score (nSPS) is 25.8. The molecule has 0 amide bonds. The first-order valence-corrected chi connectivity index (χ1v) is 8.16. The van der Waals surface area contributed by atoms with Crippen LogP contribution in [0.15, 0.2) is 48.5 Å². The number of benzene rings is 1. The first-order chi connectivity index (χ1) is 10.7. The molecule has 0 spiro atoms. The summed E-state index contributed by atoms with van der Waals surface area (Å²) < 4.78 is 0. The highest BCUT2D eigenvalue weighted by atomic mass is 35.5. The summed E-state index contributed by atoms with van der Waals surface area (Å²) in [6, 6.07) is 17.8. The van der Waals surface area contributed by atoms with E-state index >= 15 is 0 Å². The lowest BCUT2D eigenvalue weighted by Crippen LogP contribution is -2.29. The van der Waals surface area contributed by atoms with Crippen LogP contribution in [0.2, 0.25) is 0 Å². The summed E-state index contributed by atoms with van der Waals surface area (Å²) in [5.41, 5.74) is 2.56. The molecule has 0 N–H and O–H groups in total. The Bertz CT molecular complexity index is 665. The number of hydrogen-bond acceptors (Lipinski definition) is 3. The van der Waals surface area contributed by atoms with E-state index in [0.717, 1.165) is 30.5 Å². The first-order valence-electron chi connectivity index (χ1n) is 8.16. The molecule has 3 atom stereocenters. The van der Waals surface area contributed by atoms with Crippen LogP contribution < -0.4 is 4.90 Å². The Balaban J connectivity index is 0.00000104. The molecule has 2 aromatic rings. The molecular weight excluding hydrogens is 341 g/mol. The highest BCUT2D eigenvalue weighted by Crippen LogP contribution is 2.44. The molecule has 0 saturated carbocycles. The highest BCUT2D eigenvalue weighted by molar-refractivity contribution is 5.85. The summed E-state index contributed by atoms with van der Waals surface area (Å²) in [5, 5.41) is 0. The maximum Gasteiger partial charge on any atom is 0.128 e. The number of nitrogens with zero attached hydrogens (tertiary/aromatic N) is 3. The van der Waals surface area contributed by atoms with Crippen LogP contribution in [0, 0.1) is 18.8 Å². The summed E-state index contributed by atoms with van der Waals surface area (Å²) in [6.07, 6.45) is 0. The van der Waals surface area contributed by atoms with Gasteiger partial charge in [0.15, 0.2) is 0 Å². The van der Waals surface area contributed by atoms with Gasteiger partial charge < -0.3 is 4.90 Å². The number of hydrogen-bond donors (Lipinski definition) is 0. The second kappa shape index (κ2) is 7.73. The van der Waals surface area contributed by atoms with Crippen LogP contribution >= 0.6 is 24.8 Å². The zero-order valence-corrected chi connectivity index (χ0v) is 15.8. The number of anilines is 1. The van der Waals surface area contributed by atoms with E-state index in [0.29, 0.717) is 12.0 Å². The van der Waals surface area contributed by atoms with Gasteiger partial charge in [0.25, 0.3) is 0 Å². The predicted molar refractivity (Wildman–Crippen MR) is 104 cm³/mol. The van der Waals surface area contributed by atoms with Crippen LogP contribution in [0.4, 0.5) is 5.82 Å². The van der Waals surface area contributed by atoms with Crippen LogP contribution in [-0.4, -0.2) is 36.6 Å². The van der Waals surface area contributed by atoms with Crippen molar-refractivity contribution in [1.82, 2.24) is 9.88 Å². The van der Waals surface area contributed by atoms with E-state index < -0.39 is 0 Å². The fraction of sp³-hybridized carbons (Fsp3) is 0.421. The highest BCUT2D eigenvalue weighted by Gasteiger charge is 2.46. The molecule has 2 aliphatic heterocycles. The van der Waals surface area contributed by atoms with E-state index in [1.807, 2.05) is 0 Å². The number of rotatable bonds is 2. The van der Waals surface area contributed by atoms with Crippen molar-refractivity contribution in [3.8, 4) is 0 Å². The summed E-state index contributed by atoms with van der Waals surface area (Å²) >= 11 is 0. The van der Waals surface area contributed by atoms with Gasteiger partial charge in [-0.15, -0.1) is 24.8 Å². The van der Waals surface area contributed by atoms with Gasteiger partial charge in [-0.05, 0) is 37.6 Å². The third kappa shape index (κ3) is 3.39. The van der Waals surface area contributed by atoms with Gasteiger partial charge in [0.2, 0.25) is 0 Å². The zero-order valence-electron chi connectivity index (χ0n) is 14.1. The van der Waals surface area contributed by atoms with Crippen LogP contribution in [0.25, 0.3) is 0 Å². The summed E-state index contributed by atoms with van der Waals surface area (Å²) in [7, 11) is 2.27. The van der Waals surface area contributed by atoms with Crippen molar-refractivity contribution >= 4 is 30.6 Å². The van der Waals surface area contributed by atoms with Crippen molar-refractivity contribution in [2.75, 3.05) is 31.6 Å². The van der Waals surface area contributed by atoms with Crippen molar-refractivity contribution in [1.29, 1.82) is 0 Å². The monoisotopic (exact) mass is 365 g/mol. The summed E-state index contributed by atoms with van der Waals surface area (Å²) in [6.45, 7) is 5.51. The van der Waals surface area contributed by atoms with Gasteiger partial charge in [-0.3, -0.25) is 4.90 Å². The van der Waals surface area contributed by atoms with Gasteiger partial charge in [0, 0.05) is 37.3 Å². The van der Waals surface area contributed by atoms with E-state index in [2.05, 4.69) is 72.3 Å². The first kappa shape index (κ1) is 19.0. The molecule has 4 rings (SSSR count). The minimum absolute atomic E-state index is 0. The largest absolute Gasteiger partial charge is 0.356 e. The van der Waals surface area contributed by atoms with Crippen LogP contribution in [0.5, 0.6) is 0 Å². The lowest BCUT2D eigenvalue weighted by atomic mass is 9.90. The topological polar surface area (TPSA) is 19.4 Å². The molecule has 2 fully saturated rings. The molecule has 130 valence electrons. The van der Waals surface area contributed by atoms with Gasteiger partial charge in [-0.1, -0.05) is 36.4 Å². The maximum atomic E-state index is 4.71. The number of aromatic nitrogens is 1. The third-order valence-corrected chi connectivity index (χ3v) is 5.23. The smallest absolute Gasteiger partial charge is 0.128 e. The number of halogens is 2. The molecule has 0 unspecified atom stereocenters. The second-order valence-corrected chi connectivity index (χ2v) is 6.76. The van der Waals surface area contributed by atoms with Crippen LogP contribution in [0.3, 0.4) is 0 Å². The molecule has 1 aromatic carbocycles. The number of fused-ring (bicyclic) bond motifs is 1. The standard InChI is InChI=1S/C19H23N3.2ClH/c1-14-7-6-10-18(20-14)22-12-16-11-21(2)19(17(16)13-22)15-8-4-3-5-9-15;;/h3-10,16-17,19H,11-13H2,1-2H3;2*1H/t16-,17+,19-;;/m0../s1. The number of pyridine rings is 1. The molecule has 0 aliphatic carbocycles. The minimum atomic E-state index is 0. The summed E-state index contributed by atoms with van der Waals surface area (Å²) in [5.74, 6) is 2.59. The third-order valence-electron chi connectivity index (χ3n) is 5.23. The lowest BCUT2D eigenvalue weighted by molar-refractivity contribution is 0.280. The zero-order chi connectivity index (χ0) is 15.1. The molecule has 3 nitrogen and oxygen atoms in total. The molecule has 0 radical (unpaired) electrons. The van der Waals surface area contributed by atoms with E-state index in [1.165, 1.54) is 12.1 Å². The Morgan fingerprint density at radius 2 is 1.67 bits per heavy atom. The molecule has 24 heavy (non-hydrogen) atoms. The van der Waals surface area contributed by atoms with Crippen molar-refractivity contribution in [2.24, 2.45) is 11.8 Å². The van der Waals surface area contributed by atoms with Gasteiger partial charge in [0.05, 0.1) is 0 Å². The molecule has 3 heterocycles. The summed E-state index contributed by atoms with van der Waals surface area (Å²) in [4.78, 5) is 9.72. The Labute approximate surface area is 156 Å². The fourth-order valence-electron chi connectivity index (χ4n) is 4.30. The molecular formula is C19H25Cl2N3. The Morgan fingerprint density at radius 3 is 2.38 bits per heavy atom. The van der Waals surface area contributed by atoms with Crippen molar-refractivity contribution < 1.29 is 0 Å². The molecule has 2 saturated heterocycles. The molecule has 5 heteroatoms. The Kier molecular flexibility index (Phi) is 6.13. The van der Waals surface area contributed by atoms with Gasteiger partial charge >= 0.3 is 0 Å². The van der Waals surface area contributed by atoms with E-state index in [1.54, 1.807) is 0 Å². The lowest BCUT2D eigenvalue weighted by Gasteiger charge is -2.27. The Morgan fingerprint density at radius 1 is 0.917 bits per heavy atom. The number of aryl methyl sites for hydroxylation is 1. The maximum absolute atomic E-state index is 4.71. The average Bonchev–Trinajstić information content (AvgIpc) is 3.04. The average molecular weight is 366 g/mol. The van der Waals surface area contributed by atoms with Gasteiger partial charge in [-0.25, -0.2) is 4.98 Å². The predicted octanol–water partition coefficient (Wildman–Crippen LogP) is 3.97. The SMILES string of the molecule is Cc1cccc(N2C[C@@H]3CN(C)[C@@H](c4ccccc4)[C@@H]3C2)n1.Cl.Cl. The molecule has 2 aliphatic rings. The van der Waals surface area contributed by atoms with Crippen LogP contribution in [0.1, 0.15) is 17.3 Å². The van der Waals surface area contributed by atoms with E-state index in [4.69, 9.17) is 4.98 Å². The molecule has 0 bridgehead atoms. The van der Waals surface area contributed by atoms with Crippen molar-refractivity contribution in [3.05, 3.63) is 59.8 Å². The second-order valence-electron chi connectivity index (χ2n) is 6.76. The van der Waals surface area contributed by atoms with E-state index in [9.17, 15) is 0 Å². The van der Waals surface area contributed by atoms with E-state index in [-0.39, 0.29) is 24.8 Å². The van der Waals surface area contributed by atoms with Gasteiger partial charge in [0.1, 0.15) is 5.82 Å².